The van der Waals surface area contributed by atoms with Crippen LogP contribution in [0.2, 0.25) is 5.02 Å². The summed E-state index contributed by atoms with van der Waals surface area (Å²) < 4.78 is 0. The summed E-state index contributed by atoms with van der Waals surface area (Å²) in [7, 11) is 0. The Bertz CT molecular complexity index is 1060. The summed E-state index contributed by atoms with van der Waals surface area (Å²) in [5, 5.41) is 21.9. The van der Waals surface area contributed by atoms with Crippen molar-refractivity contribution in [3.63, 3.8) is 0 Å². The van der Waals surface area contributed by atoms with E-state index in [1.165, 1.54) is 55.6 Å². The lowest BCUT2D eigenvalue weighted by atomic mass is 9.51. The molecule has 2 N–H and O–H groups in total. The minimum absolute atomic E-state index is 0.0154. The van der Waals surface area contributed by atoms with E-state index in [4.69, 9.17) is 11.6 Å². The van der Waals surface area contributed by atoms with Crippen molar-refractivity contribution >= 4 is 11.6 Å². The Hall–Kier alpha value is -1.55. The van der Waals surface area contributed by atoms with E-state index >= 15 is 0 Å². The van der Waals surface area contributed by atoms with Gasteiger partial charge in [-0.15, -0.1) is 0 Å². The van der Waals surface area contributed by atoms with E-state index in [1.54, 1.807) is 6.07 Å². The van der Waals surface area contributed by atoms with E-state index in [0.717, 1.165) is 44.1 Å². The summed E-state index contributed by atoms with van der Waals surface area (Å²) in [6, 6.07) is 13.4. The largest absolute Gasteiger partial charge is 0.506 e. The second-order valence-corrected chi connectivity index (χ2v) is 12.5. The van der Waals surface area contributed by atoms with Crippen molar-refractivity contribution in [1.82, 2.24) is 4.90 Å². The monoisotopic (exact) mass is 493 g/mol. The van der Waals surface area contributed by atoms with E-state index in [1.807, 2.05) is 0 Å². The van der Waals surface area contributed by atoms with Gasteiger partial charge in [0.1, 0.15) is 5.75 Å². The molecule has 1 saturated heterocycles. The minimum Gasteiger partial charge on any atom is -0.506 e. The lowest BCUT2D eigenvalue weighted by molar-refractivity contribution is -0.0322. The first-order valence-corrected chi connectivity index (χ1v) is 14.3. The molecule has 1 heterocycles. The summed E-state index contributed by atoms with van der Waals surface area (Å²) in [5.74, 6) is 2.10. The molecule has 188 valence electrons. The number of aromatic hydroxyl groups is 1. The standard InChI is InChI=1S/C31H40ClNO2/c1-31-19-25(21-8-6-20(7-9-21)5-4-18-33-16-2-3-17-33)29-22-12-14-27(34)30(32)23(22)10-11-24(29)26(31)13-15-28(31)35/h6-9,12,14,24-26,28-29,34-35H,2-5,10-11,13,15-19H2,1H3/t24-,25+,26-,28-,29+,31-/m0/s1. The molecule has 0 bridgehead atoms. The molecule has 35 heavy (non-hydrogen) atoms. The maximum Gasteiger partial charge on any atom is 0.134 e. The zero-order valence-corrected chi connectivity index (χ0v) is 21.8. The van der Waals surface area contributed by atoms with Gasteiger partial charge in [0.15, 0.2) is 0 Å². The third-order valence-electron chi connectivity index (χ3n) is 10.3. The van der Waals surface area contributed by atoms with Gasteiger partial charge in [-0.1, -0.05) is 48.9 Å². The molecule has 0 aromatic heterocycles. The van der Waals surface area contributed by atoms with Gasteiger partial charge in [0.05, 0.1) is 11.1 Å². The molecule has 2 aromatic carbocycles. The van der Waals surface area contributed by atoms with Crippen molar-refractivity contribution in [2.24, 2.45) is 17.3 Å². The number of likely N-dealkylation sites (tertiary alicyclic amines) is 1. The molecule has 3 fully saturated rings. The van der Waals surface area contributed by atoms with Gasteiger partial charge in [0, 0.05) is 0 Å². The lowest BCUT2D eigenvalue weighted by Gasteiger charge is -2.54. The number of rotatable bonds is 5. The van der Waals surface area contributed by atoms with Crippen molar-refractivity contribution in [2.75, 3.05) is 19.6 Å². The van der Waals surface area contributed by atoms with Crippen LogP contribution in [0.15, 0.2) is 36.4 Å². The molecule has 4 aliphatic rings. The quantitative estimate of drug-likeness (QED) is 0.488. The normalized spacial score (nSPS) is 34.4. The van der Waals surface area contributed by atoms with Crippen molar-refractivity contribution in [1.29, 1.82) is 0 Å². The molecule has 0 unspecified atom stereocenters. The number of hydrogen-bond donors (Lipinski definition) is 2. The first-order valence-electron chi connectivity index (χ1n) is 13.9. The van der Waals surface area contributed by atoms with Gasteiger partial charge in [0.25, 0.3) is 0 Å². The molecule has 3 aliphatic carbocycles. The highest BCUT2D eigenvalue weighted by atomic mass is 35.5. The molecule has 0 spiro atoms. The molecule has 0 amide bonds. The second-order valence-electron chi connectivity index (χ2n) is 12.1. The fraction of sp³-hybridized carbons (Fsp3) is 0.613. The number of aryl methyl sites for hydroxylation is 1. The van der Waals surface area contributed by atoms with Crippen molar-refractivity contribution in [3.8, 4) is 5.75 Å². The number of phenols is 1. The van der Waals surface area contributed by atoms with Crippen LogP contribution < -0.4 is 0 Å². The Kier molecular flexibility index (Phi) is 6.40. The lowest BCUT2D eigenvalue weighted by Crippen LogP contribution is -2.47. The maximum atomic E-state index is 11.1. The Morgan fingerprint density at radius 1 is 1.03 bits per heavy atom. The summed E-state index contributed by atoms with van der Waals surface area (Å²) in [4.78, 5) is 2.60. The molecular weight excluding hydrogens is 454 g/mol. The molecule has 2 aromatic rings. The zero-order valence-electron chi connectivity index (χ0n) is 21.1. The Morgan fingerprint density at radius 3 is 2.57 bits per heavy atom. The number of halogens is 1. The van der Waals surface area contributed by atoms with Crippen LogP contribution in [0, 0.1) is 17.3 Å². The molecule has 0 radical (unpaired) electrons. The number of fused-ring (bicyclic) bond motifs is 5. The highest BCUT2D eigenvalue weighted by molar-refractivity contribution is 6.32. The van der Waals surface area contributed by atoms with Crippen LogP contribution in [-0.2, 0) is 12.8 Å². The number of aliphatic hydroxyl groups is 1. The van der Waals surface area contributed by atoms with Gasteiger partial charge in [-0.25, -0.2) is 0 Å². The van der Waals surface area contributed by atoms with Gasteiger partial charge in [-0.3, -0.25) is 0 Å². The first-order chi connectivity index (χ1) is 17.0. The van der Waals surface area contributed by atoms with Crippen LogP contribution in [-0.4, -0.2) is 40.9 Å². The SMILES string of the molecule is C[C@]12C[C@H](c3ccc(CCCN4CCCC4)cc3)[C@@H]3c4ccc(O)c(Cl)c4CC[C@H]3[C@@H]1CC[C@@H]2O. The highest BCUT2D eigenvalue weighted by Gasteiger charge is 2.57. The molecular formula is C31H40ClNO2. The summed E-state index contributed by atoms with van der Waals surface area (Å²) in [6.45, 7) is 6.12. The fourth-order valence-electron chi connectivity index (χ4n) is 8.48. The zero-order chi connectivity index (χ0) is 24.2. The predicted molar refractivity (Wildman–Crippen MR) is 142 cm³/mol. The molecule has 6 atom stereocenters. The number of hydrogen-bond acceptors (Lipinski definition) is 3. The summed E-state index contributed by atoms with van der Waals surface area (Å²) in [5.41, 5.74) is 5.31. The maximum absolute atomic E-state index is 11.1. The van der Waals surface area contributed by atoms with Crippen LogP contribution in [0.25, 0.3) is 0 Å². The average molecular weight is 494 g/mol. The van der Waals surface area contributed by atoms with Gasteiger partial charge in [-0.2, -0.15) is 0 Å². The molecule has 3 nitrogen and oxygen atoms in total. The fourth-order valence-corrected chi connectivity index (χ4v) is 8.75. The third kappa shape index (κ3) is 4.12. The molecule has 2 saturated carbocycles. The highest BCUT2D eigenvalue weighted by Crippen LogP contribution is 2.65. The second kappa shape index (κ2) is 9.39. The number of aliphatic hydroxyl groups excluding tert-OH is 1. The molecule has 6 rings (SSSR count). The van der Waals surface area contributed by atoms with Gasteiger partial charge >= 0.3 is 0 Å². The number of benzene rings is 2. The smallest absolute Gasteiger partial charge is 0.134 e. The molecule has 4 heteroatoms. The Morgan fingerprint density at radius 2 is 1.80 bits per heavy atom. The third-order valence-corrected chi connectivity index (χ3v) is 10.7. The van der Waals surface area contributed by atoms with E-state index < -0.39 is 0 Å². The number of nitrogens with zero attached hydrogens (tertiary/aromatic N) is 1. The van der Waals surface area contributed by atoms with Gasteiger partial charge in [-0.05, 0) is 135 Å². The van der Waals surface area contributed by atoms with E-state index in [2.05, 4.69) is 42.2 Å². The van der Waals surface area contributed by atoms with Crippen LogP contribution in [0.5, 0.6) is 5.75 Å². The average Bonchev–Trinajstić information content (AvgIpc) is 3.49. The summed E-state index contributed by atoms with van der Waals surface area (Å²) in [6.07, 6.45) is 9.99. The van der Waals surface area contributed by atoms with Crippen molar-refractivity contribution in [3.05, 3.63) is 63.7 Å². The van der Waals surface area contributed by atoms with Crippen molar-refractivity contribution in [2.45, 2.75) is 82.7 Å². The van der Waals surface area contributed by atoms with Crippen LogP contribution >= 0.6 is 11.6 Å². The van der Waals surface area contributed by atoms with E-state index in [9.17, 15) is 10.2 Å². The number of phenolic OH excluding ortho intramolecular Hbond substituents is 1. The Balaban J connectivity index is 1.29. The molecule has 1 aliphatic heterocycles. The van der Waals surface area contributed by atoms with Crippen LogP contribution in [0.1, 0.15) is 86.0 Å². The predicted octanol–water partition coefficient (Wildman–Crippen LogP) is 6.68. The summed E-state index contributed by atoms with van der Waals surface area (Å²) >= 11 is 6.62. The van der Waals surface area contributed by atoms with Crippen molar-refractivity contribution < 1.29 is 10.2 Å². The minimum atomic E-state index is -0.203. The van der Waals surface area contributed by atoms with Crippen LogP contribution in [0.4, 0.5) is 0 Å². The van der Waals surface area contributed by atoms with Crippen LogP contribution in [0.3, 0.4) is 0 Å². The topological polar surface area (TPSA) is 43.7 Å². The first kappa shape index (κ1) is 23.8. The van der Waals surface area contributed by atoms with Gasteiger partial charge < -0.3 is 15.1 Å². The van der Waals surface area contributed by atoms with E-state index in [0.29, 0.717) is 28.7 Å². The Labute approximate surface area is 215 Å². The van der Waals surface area contributed by atoms with Gasteiger partial charge in [0.2, 0.25) is 0 Å². The van der Waals surface area contributed by atoms with E-state index in [-0.39, 0.29) is 17.3 Å².